The number of amides is 1. The molecule has 0 saturated heterocycles. The van der Waals surface area contributed by atoms with Crippen molar-refractivity contribution in [2.75, 3.05) is 26.6 Å². The Morgan fingerprint density at radius 3 is 2.50 bits per heavy atom. The zero-order valence-electron chi connectivity index (χ0n) is 14.8. The van der Waals surface area contributed by atoms with Crippen LogP contribution >= 0.6 is 0 Å². The average molecular weight is 356 g/mol. The molecule has 0 fully saturated rings. The summed E-state index contributed by atoms with van der Waals surface area (Å²) in [4.78, 5) is 17.8. The number of carbonyl (C=O) groups excluding carboxylic acids is 1. The summed E-state index contributed by atoms with van der Waals surface area (Å²) in [5.74, 6) is 1.52. The van der Waals surface area contributed by atoms with Gasteiger partial charge in [-0.1, -0.05) is 17.3 Å². The number of nitrogens with one attached hydrogen (secondary N) is 1. The van der Waals surface area contributed by atoms with Crippen LogP contribution in [0.1, 0.15) is 12.0 Å². The van der Waals surface area contributed by atoms with Crippen molar-refractivity contribution >= 4 is 17.3 Å². The molecule has 26 heavy (non-hydrogen) atoms. The van der Waals surface area contributed by atoms with Crippen molar-refractivity contribution in [2.24, 2.45) is 5.16 Å². The molecule has 0 unspecified atom stereocenters. The van der Waals surface area contributed by atoms with Gasteiger partial charge in [0.1, 0.15) is 5.75 Å². The number of para-hydroxylation sites is 1. The molecular formula is C19H20N2O5. The van der Waals surface area contributed by atoms with Gasteiger partial charge in [0.2, 0.25) is 6.10 Å². The van der Waals surface area contributed by atoms with Crippen molar-refractivity contribution < 1.29 is 23.8 Å². The minimum atomic E-state index is -0.706. The van der Waals surface area contributed by atoms with Gasteiger partial charge >= 0.3 is 0 Å². The van der Waals surface area contributed by atoms with Gasteiger partial charge < -0.3 is 24.4 Å². The molecule has 0 spiro atoms. The molecule has 1 N–H and O–H groups in total. The molecule has 1 atom stereocenters. The highest BCUT2D eigenvalue weighted by atomic mass is 16.6. The van der Waals surface area contributed by atoms with E-state index in [0.717, 1.165) is 5.56 Å². The normalized spacial score (nSPS) is 15.7. The number of hydrogen-bond acceptors (Lipinski definition) is 6. The lowest BCUT2D eigenvalue weighted by Crippen LogP contribution is -2.28. The summed E-state index contributed by atoms with van der Waals surface area (Å²) in [6.07, 6.45) is -0.345. The van der Waals surface area contributed by atoms with Crippen LogP contribution in [-0.2, 0) is 9.63 Å². The number of rotatable bonds is 6. The quantitative estimate of drug-likeness (QED) is 0.861. The van der Waals surface area contributed by atoms with E-state index in [2.05, 4.69) is 10.5 Å². The highest BCUT2D eigenvalue weighted by molar-refractivity contribution is 6.07. The van der Waals surface area contributed by atoms with Crippen LogP contribution in [-0.4, -0.2) is 39.1 Å². The summed E-state index contributed by atoms with van der Waals surface area (Å²) >= 11 is 0. The topological polar surface area (TPSA) is 78.4 Å². The van der Waals surface area contributed by atoms with E-state index in [-0.39, 0.29) is 5.91 Å². The van der Waals surface area contributed by atoms with E-state index >= 15 is 0 Å². The van der Waals surface area contributed by atoms with Crippen LogP contribution in [0.4, 0.5) is 5.69 Å². The molecule has 0 aliphatic carbocycles. The molecule has 0 aromatic heterocycles. The molecule has 1 aliphatic rings. The Balaban J connectivity index is 1.68. The maximum atomic E-state index is 12.5. The fourth-order valence-corrected chi connectivity index (χ4v) is 2.70. The monoisotopic (exact) mass is 356 g/mol. The van der Waals surface area contributed by atoms with E-state index in [1.54, 1.807) is 32.4 Å². The minimum absolute atomic E-state index is 0.286. The first-order valence-electron chi connectivity index (χ1n) is 8.05. The van der Waals surface area contributed by atoms with E-state index in [4.69, 9.17) is 19.0 Å². The molecule has 0 bridgehead atoms. The fraction of sp³-hybridized carbons (Fsp3) is 0.263. The van der Waals surface area contributed by atoms with Gasteiger partial charge in [-0.2, -0.15) is 0 Å². The fourth-order valence-electron chi connectivity index (χ4n) is 2.70. The second-order valence-electron chi connectivity index (χ2n) is 5.60. The van der Waals surface area contributed by atoms with Crippen molar-refractivity contribution in [1.82, 2.24) is 0 Å². The van der Waals surface area contributed by atoms with E-state index in [9.17, 15) is 4.79 Å². The largest absolute Gasteiger partial charge is 0.496 e. The summed E-state index contributed by atoms with van der Waals surface area (Å²) in [7, 11) is 4.69. The van der Waals surface area contributed by atoms with Crippen molar-refractivity contribution in [3.05, 3.63) is 48.0 Å². The lowest BCUT2D eigenvalue weighted by atomic mass is 10.0. The Labute approximate surface area is 151 Å². The standard InChI is InChI=1S/C19H20N2O5/c1-23-15-7-5-4-6-13(15)14-11-18(26-21-14)19(22)20-12-8-9-16(24-2)17(10-12)25-3/h4-10,18H,11H2,1-3H3,(H,20,22)/t18-/m0/s1. The summed E-state index contributed by atoms with van der Waals surface area (Å²) < 4.78 is 15.8. The van der Waals surface area contributed by atoms with Crippen LogP contribution in [0.5, 0.6) is 17.2 Å². The van der Waals surface area contributed by atoms with E-state index in [1.165, 1.54) is 7.11 Å². The number of oxime groups is 1. The zero-order valence-corrected chi connectivity index (χ0v) is 14.8. The number of ether oxygens (including phenoxy) is 3. The van der Waals surface area contributed by atoms with Crippen molar-refractivity contribution in [3.8, 4) is 17.2 Å². The van der Waals surface area contributed by atoms with Gasteiger partial charge in [-0.25, -0.2) is 0 Å². The van der Waals surface area contributed by atoms with Crippen LogP contribution in [0.25, 0.3) is 0 Å². The summed E-state index contributed by atoms with van der Waals surface area (Å²) in [5.41, 5.74) is 2.08. The SMILES string of the molecule is COc1ccc(NC(=O)[C@@H]2CC(c3ccccc3OC)=NO2)cc1OC. The Morgan fingerprint density at radius 2 is 1.77 bits per heavy atom. The first-order chi connectivity index (χ1) is 12.7. The average Bonchev–Trinajstić information content (AvgIpc) is 3.18. The molecular weight excluding hydrogens is 336 g/mol. The molecule has 7 nitrogen and oxygen atoms in total. The smallest absolute Gasteiger partial charge is 0.268 e. The molecule has 0 saturated carbocycles. The number of nitrogens with zero attached hydrogens (tertiary/aromatic N) is 1. The Kier molecular flexibility index (Phi) is 5.26. The van der Waals surface area contributed by atoms with Gasteiger partial charge in [-0.05, 0) is 24.3 Å². The molecule has 0 radical (unpaired) electrons. The number of carbonyl (C=O) groups is 1. The third-order valence-corrected chi connectivity index (χ3v) is 4.03. The predicted molar refractivity (Wildman–Crippen MR) is 97.2 cm³/mol. The molecule has 136 valence electrons. The van der Waals surface area contributed by atoms with Gasteiger partial charge in [0.05, 0.1) is 27.0 Å². The number of benzene rings is 2. The Bertz CT molecular complexity index is 834. The van der Waals surface area contributed by atoms with Crippen LogP contribution in [0.3, 0.4) is 0 Å². The number of hydrogen-bond donors (Lipinski definition) is 1. The maximum absolute atomic E-state index is 12.5. The van der Waals surface area contributed by atoms with E-state index in [0.29, 0.717) is 35.1 Å². The molecule has 1 amide bonds. The first kappa shape index (κ1) is 17.6. The third kappa shape index (κ3) is 3.56. The Morgan fingerprint density at radius 1 is 1.04 bits per heavy atom. The molecule has 2 aromatic rings. The molecule has 1 heterocycles. The van der Waals surface area contributed by atoms with Gasteiger partial charge in [0.15, 0.2) is 11.5 Å². The molecule has 3 rings (SSSR count). The number of methoxy groups -OCH3 is 3. The highest BCUT2D eigenvalue weighted by Gasteiger charge is 2.30. The summed E-state index contributed by atoms with van der Waals surface area (Å²) in [6.45, 7) is 0. The van der Waals surface area contributed by atoms with Crippen LogP contribution < -0.4 is 19.5 Å². The van der Waals surface area contributed by atoms with Gasteiger partial charge in [-0.15, -0.1) is 0 Å². The minimum Gasteiger partial charge on any atom is -0.496 e. The first-order valence-corrected chi connectivity index (χ1v) is 8.05. The molecule has 2 aromatic carbocycles. The number of anilines is 1. The lowest BCUT2D eigenvalue weighted by molar-refractivity contribution is -0.125. The Hall–Kier alpha value is -3.22. The second kappa shape index (κ2) is 7.77. The maximum Gasteiger partial charge on any atom is 0.268 e. The third-order valence-electron chi connectivity index (χ3n) is 4.03. The van der Waals surface area contributed by atoms with Crippen LogP contribution in [0.15, 0.2) is 47.6 Å². The second-order valence-corrected chi connectivity index (χ2v) is 5.60. The van der Waals surface area contributed by atoms with Crippen molar-refractivity contribution in [2.45, 2.75) is 12.5 Å². The van der Waals surface area contributed by atoms with E-state index < -0.39 is 6.10 Å². The lowest BCUT2D eigenvalue weighted by Gasteiger charge is -2.12. The van der Waals surface area contributed by atoms with Crippen molar-refractivity contribution in [3.63, 3.8) is 0 Å². The van der Waals surface area contributed by atoms with Crippen LogP contribution in [0, 0.1) is 0 Å². The van der Waals surface area contributed by atoms with E-state index in [1.807, 2.05) is 24.3 Å². The van der Waals surface area contributed by atoms with Crippen molar-refractivity contribution in [1.29, 1.82) is 0 Å². The summed E-state index contributed by atoms with van der Waals surface area (Å²) in [5, 5.41) is 6.86. The van der Waals surface area contributed by atoms with Crippen LogP contribution in [0.2, 0.25) is 0 Å². The molecule has 7 heteroatoms. The van der Waals surface area contributed by atoms with Gasteiger partial charge in [-0.3, -0.25) is 4.79 Å². The zero-order chi connectivity index (χ0) is 18.5. The predicted octanol–water partition coefficient (Wildman–Crippen LogP) is 2.84. The highest BCUT2D eigenvalue weighted by Crippen LogP contribution is 2.30. The molecule has 1 aliphatic heterocycles. The summed E-state index contributed by atoms with van der Waals surface area (Å²) in [6, 6.07) is 12.6. The van der Waals surface area contributed by atoms with Gasteiger partial charge in [0, 0.05) is 23.7 Å². The van der Waals surface area contributed by atoms with Gasteiger partial charge in [0.25, 0.3) is 5.91 Å².